The molecule has 0 saturated carbocycles. The Morgan fingerprint density at radius 3 is 3.18 bits per heavy atom. The van der Waals surface area contributed by atoms with Crippen molar-refractivity contribution in [2.45, 2.75) is 6.42 Å². The molecular formula is C13H8ClN3. The highest BCUT2D eigenvalue weighted by molar-refractivity contribution is 6.30. The fraction of sp³-hybridized carbons (Fsp3) is 0.0769. The summed E-state index contributed by atoms with van der Waals surface area (Å²) in [6, 6.07) is 7.88. The summed E-state index contributed by atoms with van der Waals surface area (Å²) in [6.07, 6.45) is 4.64. The van der Waals surface area contributed by atoms with E-state index in [4.69, 9.17) is 11.6 Å². The molecule has 2 aromatic heterocycles. The Morgan fingerprint density at radius 2 is 2.24 bits per heavy atom. The molecule has 0 saturated heterocycles. The number of hydrogen-bond acceptors (Lipinski definition) is 2. The van der Waals surface area contributed by atoms with Gasteiger partial charge in [0.05, 0.1) is 11.4 Å². The standard InChI is InChI=1S/C13H8ClN3/c14-9-2-3-10-8(6-9)7-11-12(10)16-13-15-4-1-5-17(11)13/h1-6H,7H2. The zero-order valence-corrected chi connectivity index (χ0v) is 9.65. The summed E-state index contributed by atoms with van der Waals surface area (Å²) in [7, 11) is 0. The molecule has 0 N–H and O–H groups in total. The van der Waals surface area contributed by atoms with Gasteiger partial charge >= 0.3 is 0 Å². The molecule has 3 aromatic rings. The van der Waals surface area contributed by atoms with Gasteiger partial charge < -0.3 is 0 Å². The maximum atomic E-state index is 6.01. The van der Waals surface area contributed by atoms with Gasteiger partial charge in [-0.05, 0) is 23.8 Å². The van der Waals surface area contributed by atoms with Gasteiger partial charge in [-0.2, -0.15) is 0 Å². The zero-order chi connectivity index (χ0) is 11.4. The normalized spacial score (nSPS) is 12.8. The lowest BCUT2D eigenvalue weighted by atomic mass is 10.1. The first kappa shape index (κ1) is 9.19. The van der Waals surface area contributed by atoms with E-state index < -0.39 is 0 Å². The van der Waals surface area contributed by atoms with Crippen LogP contribution >= 0.6 is 11.6 Å². The highest BCUT2D eigenvalue weighted by Gasteiger charge is 2.24. The number of aromatic nitrogens is 3. The molecule has 0 bridgehead atoms. The predicted octanol–water partition coefficient (Wildman–Crippen LogP) is 2.95. The number of nitrogens with zero attached hydrogens (tertiary/aromatic N) is 3. The smallest absolute Gasteiger partial charge is 0.234 e. The van der Waals surface area contributed by atoms with E-state index in [2.05, 4.69) is 9.97 Å². The zero-order valence-electron chi connectivity index (χ0n) is 8.89. The summed E-state index contributed by atoms with van der Waals surface area (Å²) in [5, 5.41) is 0.779. The van der Waals surface area contributed by atoms with Crippen molar-refractivity contribution >= 4 is 17.4 Å². The molecule has 0 aliphatic heterocycles. The highest BCUT2D eigenvalue weighted by Crippen LogP contribution is 2.37. The van der Waals surface area contributed by atoms with E-state index in [0.717, 1.165) is 22.9 Å². The lowest BCUT2D eigenvalue weighted by molar-refractivity contribution is 1.02. The predicted molar refractivity (Wildman–Crippen MR) is 66.2 cm³/mol. The molecule has 0 radical (unpaired) electrons. The van der Waals surface area contributed by atoms with Crippen LogP contribution in [0.15, 0.2) is 36.7 Å². The summed E-state index contributed by atoms with van der Waals surface area (Å²) in [5.74, 6) is 0.762. The first-order valence-corrected chi connectivity index (χ1v) is 5.81. The van der Waals surface area contributed by atoms with E-state index in [0.29, 0.717) is 0 Å². The van der Waals surface area contributed by atoms with Crippen LogP contribution in [0.5, 0.6) is 0 Å². The molecule has 1 aliphatic rings. The van der Waals surface area contributed by atoms with Crippen molar-refractivity contribution in [1.29, 1.82) is 0 Å². The SMILES string of the molecule is Clc1ccc2c(c1)Cc1c-2nc2ncccn12. The molecule has 1 aromatic carbocycles. The minimum absolute atomic E-state index is 0.762. The van der Waals surface area contributed by atoms with Crippen molar-refractivity contribution in [3.05, 3.63) is 52.9 Å². The molecule has 17 heavy (non-hydrogen) atoms. The minimum atomic E-state index is 0.762. The monoisotopic (exact) mass is 241 g/mol. The van der Waals surface area contributed by atoms with Gasteiger partial charge in [0.2, 0.25) is 5.78 Å². The minimum Gasteiger partial charge on any atom is -0.287 e. The molecule has 2 heterocycles. The number of halogens is 1. The quantitative estimate of drug-likeness (QED) is 0.474. The Kier molecular flexibility index (Phi) is 1.66. The lowest BCUT2D eigenvalue weighted by Gasteiger charge is -1.99. The Hall–Kier alpha value is -1.87. The maximum Gasteiger partial charge on any atom is 0.234 e. The number of hydrogen-bond donors (Lipinski definition) is 0. The molecule has 0 amide bonds. The van der Waals surface area contributed by atoms with E-state index in [1.54, 1.807) is 6.20 Å². The van der Waals surface area contributed by atoms with E-state index >= 15 is 0 Å². The third kappa shape index (κ3) is 1.17. The number of rotatable bonds is 0. The van der Waals surface area contributed by atoms with E-state index in [1.807, 2.05) is 34.9 Å². The Balaban J connectivity index is 2.06. The third-order valence-corrected chi connectivity index (χ3v) is 3.42. The van der Waals surface area contributed by atoms with Crippen molar-refractivity contribution in [3.8, 4) is 11.3 Å². The molecule has 0 atom stereocenters. The van der Waals surface area contributed by atoms with Gasteiger partial charge in [-0.3, -0.25) is 4.40 Å². The topological polar surface area (TPSA) is 30.2 Å². The second-order valence-electron chi connectivity index (χ2n) is 4.18. The molecule has 0 spiro atoms. The third-order valence-electron chi connectivity index (χ3n) is 3.18. The Labute approximate surface area is 103 Å². The average Bonchev–Trinajstić information content (AvgIpc) is 2.84. The van der Waals surface area contributed by atoms with Gasteiger partial charge in [0.25, 0.3) is 0 Å². The molecule has 1 aliphatic carbocycles. The van der Waals surface area contributed by atoms with Gasteiger partial charge in [0.15, 0.2) is 0 Å². The number of imidazole rings is 1. The van der Waals surface area contributed by atoms with Crippen LogP contribution in [0.2, 0.25) is 5.02 Å². The summed E-state index contributed by atoms with van der Waals surface area (Å²) in [6.45, 7) is 0. The second-order valence-corrected chi connectivity index (χ2v) is 4.61. The Morgan fingerprint density at radius 1 is 1.29 bits per heavy atom. The summed E-state index contributed by atoms with van der Waals surface area (Å²) in [4.78, 5) is 8.83. The second kappa shape index (κ2) is 3.08. The van der Waals surface area contributed by atoms with Gasteiger partial charge in [0.1, 0.15) is 0 Å². The van der Waals surface area contributed by atoms with Crippen molar-refractivity contribution in [3.63, 3.8) is 0 Å². The van der Waals surface area contributed by atoms with Gasteiger partial charge in [0, 0.05) is 29.4 Å². The van der Waals surface area contributed by atoms with Crippen molar-refractivity contribution in [2.24, 2.45) is 0 Å². The van der Waals surface area contributed by atoms with Gasteiger partial charge in [-0.1, -0.05) is 17.7 Å². The molecule has 3 nitrogen and oxygen atoms in total. The molecule has 82 valence electrons. The van der Waals surface area contributed by atoms with Crippen molar-refractivity contribution in [1.82, 2.24) is 14.4 Å². The van der Waals surface area contributed by atoms with Gasteiger partial charge in [-0.25, -0.2) is 9.97 Å². The maximum absolute atomic E-state index is 6.01. The molecule has 4 rings (SSSR count). The first-order valence-electron chi connectivity index (χ1n) is 5.44. The summed E-state index contributed by atoms with van der Waals surface area (Å²) < 4.78 is 2.04. The van der Waals surface area contributed by atoms with Crippen LogP contribution in [-0.4, -0.2) is 14.4 Å². The average molecular weight is 242 g/mol. The van der Waals surface area contributed by atoms with Crippen LogP contribution in [0.25, 0.3) is 17.0 Å². The van der Waals surface area contributed by atoms with Crippen LogP contribution in [0, 0.1) is 0 Å². The van der Waals surface area contributed by atoms with E-state index in [9.17, 15) is 0 Å². The van der Waals surface area contributed by atoms with Crippen molar-refractivity contribution in [2.75, 3.05) is 0 Å². The van der Waals surface area contributed by atoms with E-state index in [1.165, 1.54) is 16.8 Å². The van der Waals surface area contributed by atoms with Crippen LogP contribution in [0.4, 0.5) is 0 Å². The van der Waals surface area contributed by atoms with E-state index in [-0.39, 0.29) is 0 Å². The molecule has 0 fully saturated rings. The largest absolute Gasteiger partial charge is 0.287 e. The molecular weight excluding hydrogens is 234 g/mol. The van der Waals surface area contributed by atoms with Gasteiger partial charge in [-0.15, -0.1) is 0 Å². The van der Waals surface area contributed by atoms with Crippen LogP contribution in [0.3, 0.4) is 0 Å². The van der Waals surface area contributed by atoms with Crippen molar-refractivity contribution < 1.29 is 0 Å². The molecule has 4 heteroatoms. The van der Waals surface area contributed by atoms with Crippen LogP contribution in [0.1, 0.15) is 11.3 Å². The fourth-order valence-corrected chi connectivity index (χ4v) is 2.63. The summed E-state index contributed by atoms with van der Waals surface area (Å²) in [5.41, 5.74) is 4.66. The van der Waals surface area contributed by atoms with Crippen LogP contribution < -0.4 is 0 Å². The number of fused-ring (bicyclic) bond motifs is 5. The molecule has 0 unspecified atom stereocenters. The number of benzene rings is 1. The lowest BCUT2D eigenvalue weighted by Crippen LogP contribution is -1.92. The fourth-order valence-electron chi connectivity index (χ4n) is 2.44. The first-order chi connectivity index (χ1) is 8.33. The van der Waals surface area contributed by atoms with Crippen LogP contribution in [-0.2, 0) is 6.42 Å². The summed E-state index contributed by atoms with van der Waals surface area (Å²) >= 11 is 6.01. The highest BCUT2D eigenvalue weighted by atomic mass is 35.5. The Bertz CT molecular complexity index is 746.